The molecule has 0 rings (SSSR count). The molecule has 0 spiro atoms. The summed E-state index contributed by atoms with van der Waals surface area (Å²) in [5.74, 6) is 0. The smallest absolute Gasteiger partial charge is 0.113 e. The highest BCUT2D eigenvalue weighted by Crippen LogP contribution is 2.11. The first kappa shape index (κ1) is 10.3. The molecule has 3 heteroatoms. The lowest BCUT2D eigenvalue weighted by Gasteiger charge is -1.97. The molecule has 0 bridgehead atoms. The van der Waals surface area contributed by atoms with Crippen LogP contribution in [0.1, 0.15) is 32.6 Å². The standard InChI is InChI=1S/C8H13ClN2/c1-2-3-4-5-7(6-10)8(9)11/h2-5,11H2,1H3. The van der Waals surface area contributed by atoms with Crippen molar-refractivity contribution in [2.24, 2.45) is 5.73 Å². The molecule has 0 heterocycles. The first-order chi connectivity index (χ1) is 5.22. The zero-order valence-electron chi connectivity index (χ0n) is 6.73. The van der Waals surface area contributed by atoms with E-state index in [1.165, 1.54) is 0 Å². The van der Waals surface area contributed by atoms with E-state index in [4.69, 9.17) is 22.6 Å². The summed E-state index contributed by atoms with van der Waals surface area (Å²) in [6, 6.07) is 1.98. The molecular weight excluding hydrogens is 160 g/mol. The van der Waals surface area contributed by atoms with Gasteiger partial charge in [0.15, 0.2) is 0 Å². The molecular formula is C8H13ClN2. The average molecular weight is 173 g/mol. The highest BCUT2D eigenvalue weighted by molar-refractivity contribution is 6.29. The quantitative estimate of drug-likeness (QED) is 0.403. The predicted molar refractivity (Wildman–Crippen MR) is 46.8 cm³/mol. The number of halogens is 1. The SMILES string of the molecule is CCCCCC(C#N)=C(N)Cl. The lowest BCUT2D eigenvalue weighted by molar-refractivity contribution is 0.719. The summed E-state index contributed by atoms with van der Waals surface area (Å²) >= 11 is 5.46. The van der Waals surface area contributed by atoms with Crippen molar-refractivity contribution in [2.45, 2.75) is 32.6 Å². The minimum atomic E-state index is 0.142. The van der Waals surface area contributed by atoms with Gasteiger partial charge in [-0.2, -0.15) is 5.26 Å². The number of nitrogens with zero attached hydrogens (tertiary/aromatic N) is 1. The third-order valence-electron chi connectivity index (χ3n) is 1.45. The third kappa shape index (κ3) is 4.69. The fourth-order valence-corrected chi connectivity index (χ4v) is 0.917. The Kier molecular flexibility index (Phi) is 5.68. The highest BCUT2D eigenvalue weighted by Gasteiger charge is 1.99. The summed E-state index contributed by atoms with van der Waals surface area (Å²) in [4.78, 5) is 0. The lowest BCUT2D eigenvalue weighted by Crippen LogP contribution is -1.94. The zero-order valence-corrected chi connectivity index (χ0v) is 7.49. The minimum absolute atomic E-state index is 0.142. The molecule has 2 N–H and O–H groups in total. The van der Waals surface area contributed by atoms with Crippen LogP contribution >= 0.6 is 11.6 Å². The molecule has 0 aliphatic carbocycles. The van der Waals surface area contributed by atoms with Gasteiger partial charge in [0.2, 0.25) is 0 Å². The van der Waals surface area contributed by atoms with E-state index >= 15 is 0 Å². The molecule has 0 saturated heterocycles. The van der Waals surface area contributed by atoms with Crippen molar-refractivity contribution < 1.29 is 0 Å². The van der Waals surface area contributed by atoms with Crippen molar-refractivity contribution >= 4 is 11.6 Å². The van der Waals surface area contributed by atoms with Gasteiger partial charge in [-0.3, -0.25) is 0 Å². The summed E-state index contributed by atoms with van der Waals surface area (Å²) in [6.07, 6.45) is 3.96. The van der Waals surface area contributed by atoms with Gasteiger partial charge in [-0.05, 0) is 12.8 Å². The Hall–Kier alpha value is -0.680. The van der Waals surface area contributed by atoms with Gasteiger partial charge in [0.25, 0.3) is 0 Å². The number of rotatable bonds is 4. The highest BCUT2D eigenvalue weighted by atomic mass is 35.5. The van der Waals surface area contributed by atoms with E-state index in [9.17, 15) is 0 Å². The maximum Gasteiger partial charge on any atom is 0.113 e. The number of nitrogens with two attached hydrogens (primary N) is 1. The normalized spacial score (nSPS) is 12.1. The van der Waals surface area contributed by atoms with Crippen LogP contribution in [0.5, 0.6) is 0 Å². The first-order valence-electron chi connectivity index (χ1n) is 3.76. The van der Waals surface area contributed by atoms with E-state index in [2.05, 4.69) is 6.92 Å². The largest absolute Gasteiger partial charge is 0.389 e. The Morgan fingerprint density at radius 1 is 1.55 bits per heavy atom. The van der Waals surface area contributed by atoms with Crippen LogP contribution < -0.4 is 5.73 Å². The van der Waals surface area contributed by atoms with Gasteiger partial charge in [0.1, 0.15) is 5.16 Å². The molecule has 0 aromatic heterocycles. The maximum atomic E-state index is 8.52. The van der Waals surface area contributed by atoms with E-state index < -0.39 is 0 Å². The number of allylic oxidation sites excluding steroid dienone is 1. The van der Waals surface area contributed by atoms with E-state index in [0.29, 0.717) is 12.0 Å². The number of nitriles is 1. The molecule has 0 unspecified atom stereocenters. The Labute approximate surface area is 72.6 Å². The van der Waals surface area contributed by atoms with Gasteiger partial charge in [0.05, 0.1) is 11.6 Å². The van der Waals surface area contributed by atoms with Gasteiger partial charge in [-0.15, -0.1) is 0 Å². The van der Waals surface area contributed by atoms with Crippen LogP contribution in [0.25, 0.3) is 0 Å². The first-order valence-corrected chi connectivity index (χ1v) is 4.14. The van der Waals surface area contributed by atoms with Crippen LogP contribution in [0.2, 0.25) is 0 Å². The number of unbranched alkanes of at least 4 members (excludes halogenated alkanes) is 2. The van der Waals surface area contributed by atoms with Crippen LogP contribution in [-0.2, 0) is 0 Å². The molecule has 0 amide bonds. The zero-order chi connectivity index (χ0) is 8.69. The second-order valence-electron chi connectivity index (χ2n) is 2.40. The lowest BCUT2D eigenvalue weighted by atomic mass is 10.1. The number of hydrogen-bond acceptors (Lipinski definition) is 2. The second kappa shape index (κ2) is 6.06. The van der Waals surface area contributed by atoms with Gasteiger partial charge in [-0.1, -0.05) is 31.4 Å². The molecule has 0 aliphatic heterocycles. The number of hydrogen-bond donors (Lipinski definition) is 1. The fraction of sp³-hybridized carbons (Fsp3) is 0.625. The third-order valence-corrected chi connectivity index (χ3v) is 1.68. The van der Waals surface area contributed by atoms with Crippen LogP contribution in [0.4, 0.5) is 0 Å². The van der Waals surface area contributed by atoms with Crippen molar-refractivity contribution in [2.75, 3.05) is 0 Å². The van der Waals surface area contributed by atoms with E-state index in [-0.39, 0.29) is 5.16 Å². The molecule has 0 saturated carbocycles. The molecule has 0 atom stereocenters. The van der Waals surface area contributed by atoms with Crippen molar-refractivity contribution in [3.63, 3.8) is 0 Å². The molecule has 0 aliphatic rings. The summed E-state index contributed by atoms with van der Waals surface area (Å²) in [5, 5.41) is 8.67. The summed E-state index contributed by atoms with van der Waals surface area (Å²) < 4.78 is 0. The van der Waals surface area contributed by atoms with Crippen LogP contribution in [0.3, 0.4) is 0 Å². The summed E-state index contributed by atoms with van der Waals surface area (Å²) in [7, 11) is 0. The van der Waals surface area contributed by atoms with Crippen molar-refractivity contribution in [3.05, 3.63) is 10.7 Å². The van der Waals surface area contributed by atoms with Crippen LogP contribution in [0.15, 0.2) is 10.7 Å². The second-order valence-corrected chi connectivity index (χ2v) is 2.80. The van der Waals surface area contributed by atoms with Gasteiger partial charge >= 0.3 is 0 Å². The van der Waals surface area contributed by atoms with Crippen molar-refractivity contribution in [1.82, 2.24) is 0 Å². The van der Waals surface area contributed by atoms with Crippen LogP contribution in [-0.4, -0.2) is 0 Å². The summed E-state index contributed by atoms with van der Waals surface area (Å²) in [5.41, 5.74) is 5.77. The molecule has 0 radical (unpaired) electrons. The molecule has 62 valence electrons. The van der Waals surface area contributed by atoms with Gasteiger partial charge in [0, 0.05) is 0 Å². The molecule has 0 fully saturated rings. The predicted octanol–water partition coefficient (Wildman–Crippen LogP) is 2.50. The van der Waals surface area contributed by atoms with E-state index in [0.717, 1.165) is 19.3 Å². The maximum absolute atomic E-state index is 8.52. The Morgan fingerprint density at radius 2 is 2.18 bits per heavy atom. The topological polar surface area (TPSA) is 49.8 Å². The van der Waals surface area contributed by atoms with E-state index in [1.54, 1.807) is 0 Å². The van der Waals surface area contributed by atoms with Gasteiger partial charge in [-0.25, -0.2) is 0 Å². The fourth-order valence-electron chi connectivity index (χ4n) is 0.780. The molecule has 0 aromatic carbocycles. The average Bonchev–Trinajstić information content (AvgIpc) is 1.97. The Morgan fingerprint density at radius 3 is 2.55 bits per heavy atom. The van der Waals surface area contributed by atoms with Crippen LogP contribution in [0, 0.1) is 11.3 Å². The molecule has 11 heavy (non-hydrogen) atoms. The summed E-state index contributed by atoms with van der Waals surface area (Å²) in [6.45, 7) is 2.11. The molecule has 0 aromatic rings. The Balaban J connectivity index is 3.75. The van der Waals surface area contributed by atoms with Gasteiger partial charge < -0.3 is 5.73 Å². The van der Waals surface area contributed by atoms with E-state index in [1.807, 2.05) is 6.07 Å². The van der Waals surface area contributed by atoms with Crippen molar-refractivity contribution in [3.8, 4) is 6.07 Å². The monoisotopic (exact) mass is 172 g/mol. The minimum Gasteiger partial charge on any atom is -0.389 e. The van der Waals surface area contributed by atoms with Crippen molar-refractivity contribution in [1.29, 1.82) is 5.26 Å². The Bertz CT molecular complexity index is 175. The molecule has 2 nitrogen and oxygen atoms in total.